The lowest BCUT2D eigenvalue weighted by atomic mass is 10.2. The summed E-state index contributed by atoms with van der Waals surface area (Å²) in [5.41, 5.74) is 0.924. The minimum absolute atomic E-state index is 0.135. The number of aromatic nitrogens is 2. The summed E-state index contributed by atoms with van der Waals surface area (Å²) in [5.74, 6) is -0.661. The van der Waals surface area contributed by atoms with Crippen molar-refractivity contribution in [1.82, 2.24) is 9.55 Å². The largest absolute Gasteiger partial charge is 0.464 e. The van der Waals surface area contributed by atoms with Crippen LogP contribution in [0.4, 0.5) is 5.82 Å². The van der Waals surface area contributed by atoms with Gasteiger partial charge in [-0.25, -0.2) is 4.79 Å². The number of amides is 1. The van der Waals surface area contributed by atoms with E-state index < -0.39 is 5.97 Å². The molecule has 0 aliphatic rings. The Kier molecular flexibility index (Phi) is 6.04. The van der Waals surface area contributed by atoms with E-state index in [9.17, 15) is 9.59 Å². The van der Waals surface area contributed by atoms with E-state index in [1.165, 1.54) is 11.7 Å². The third kappa shape index (κ3) is 3.98. The van der Waals surface area contributed by atoms with Gasteiger partial charge in [0.2, 0.25) is 5.91 Å². The van der Waals surface area contributed by atoms with Gasteiger partial charge in [-0.05, 0) is 29.9 Å². The number of ether oxygens (including phenoxy) is 1. The zero-order chi connectivity index (χ0) is 17.9. The molecule has 24 heavy (non-hydrogen) atoms. The summed E-state index contributed by atoms with van der Waals surface area (Å²) in [5, 5.41) is 3.44. The molecule has 2 aromatic rings. The normalized spacial score (nSPS) is 10.5. The lowest BCUT2D eigenvalue weighted by Crippen LogP contribution is -2.17. The number of carbonyl (C=O) groups is 2. The van der Waals surface area contributed by atoms with Crippen LogP contribution in [0.15, 0.2) is 18.2 Å². The molecular weight excluding hydrogens is 373 g/mol. The number of halogens is 2. The number of esters is 1. The van der Waals surface area contributed by atoms with E-state index in [1.54, 1.807) is 25.1 Å². The Balaban J connectivity index is 2.48. The predicted octanol–water partition coefficient (Wildman–Crippen LogP) is 4.04. The van der Waals surface area contributed by atoms with Crippen LogP contribution in [0.1, 0.15) is 29.4 Å². The van der Waals surface area contributed by atoms with Gasteiger partial charge in [0.15, 0.2) is 10.5 Å². The highest BCUT2D eigenvalue weighted by molar-refractivity contribution is 7.71. The van der Waals surface area contributed by atoms with Crippen molar-refractivity contribution < 1.29 is 14.3 Å². The number of hydrogen-bond acceptors (Lipinski definition) is 4. The second-order valence-electron chi connectivity index (χ2n) is 4.88. The number of rotatable bonds is 5. The Hall–Kier alpha value is -1.83. The lowest BCUT2D eigenvalue weighted by molar-refractivity contribution is -0.115. The van der Waals surface area contributed by atoms with Gasteiger partial charge in [0.25, 0.3) is 0 Å². The number of H-pyrrole nitrogens is 1. The Bertz CT molecular complexity index is 845. The maximum absolute atomic E-state index is 12.1. The van der Waals surface area contributed by atoms with Gasteiger partial charge in [-0.3, -0.25) is 4.79 Å². The molecule has 0 radical (unpaired) electrons. The Morgan fingerprint density at radius 3 is 2.62 bits per heavy atom. The number of aromatic amines is 1. The molecule has 6 nitrogen and oxygen atoms in total. The molecule has 0 fully saturated rings. The molecule has 0 spiro atoms. The molecule has 0 aliphatic heterocycles. The van der Waals surface area contributed by atoms with E-state index in [0.717, 1.165) is 5.56 Å². The molecule has 0 unspecified atom stereocenters. The van der Waals surface area contributed by atoms with Gasteiger partial charge in [-0.1, -0.05) is 36.2 Å². The van der Waals surface area contributed by atoms with E-state index in [2.05, 4.69) is 10.3 Å². The fourth-order valence-corrected chi connectivity index (χ4v) is 2.65. The average Bonchev–Trinajstić information content (AvgIpc) is 2.85. The number of carbonyl (C=O) groups excluding carboxylic acids is 2. The molecule has 0 saturated heterocycles. The minimum atomic E-state index is -0.617. The first kappa shape index (κ1) is 18.5. The smallest absolute Gasteiger partial charge is 0.358 e. The Morgan fingerprint density at radius 2 is 2.04 bits per heavy atom. The van der Waals surface area contributed by atoms with E-state index in [0.29, 0.717) is 10.0 Å². The Morgan fingerprint density at radius 1 is 1.33 bits per heavy atom. The van der Waals surface area contributed by atoms with Crippen LogP contribution in [-0.2, 0) is 16.1 Å². The van der Waals surface area contributed by atoms with E-state index >= 15 is 0 Å². The molecule has 0 atom stereocenters. The molecule has 9 heteroatoms. The summed E-state index contributed by atoms with van der Waals surface area (Å²) in [7, 11) is 1.26. The zero-order valence-electron chi connectivity index (χ0n) is 13.0. The minimum Gasteiger partial charge on any atom is -0.464 e. The van der Waals surface area contributed by atoms with Crippen molar-refractivity contribution in [3.05, 3.63) is 44.3 Å². The highest BCUT2D eigenvalue weighted by atomic mass is 35.5. The van der Waals surface area contributed by atoms with Crippen molar-refractivity contribution in [3.8, 4) is 0 Å². The van der Waals surface area contributed by atoms with Crippen molar-refractivity contribution in [1.29, 1.82) is 0 Å². The number of benzene rings is 1. The van der Waals surface area contributed by atoms with Gasteiger partial charge in [-0.15, -0.1) is 0 Å². The molecule has 1 aromatic carbocycles. The number of methoxy groups -OCH3 is 1. The SMILES string of the molecule is CCC(=O)Nc1[nH]c(=S)n(Cc2ccc(Cl)c(Cl)c2)c1C(=O)OC. The quantitative estimate of drug-likeness (QED) is 0.599. The fourth-order valence-electron chi connectivity index (χ4n) is 2.07. The first-order valence-electron chi connectivity index (χ1n) is 7.02. The van der Waals surface area contributed by atoms with Crippen molar-refractivity contribution in [2.24, 2.45) is 0 Å². The van der Waals surface area contributed by atoms with Crippen LogP contribution in [0.5, 0.6) is 0 Å². The van der Waals surface area contributed by atoms with Crippen molar-refractivity contribution >= 4 is 53.1 Å². The third-order valence-electron chi connectivity index (χ3n) is 3.27. The molecule has 1 heterocycles. The number of hydrogen-bond donors (Lipinski definition) is 2. The standard InChI is InChI=1S/C15H15Cl2N3O3S/c1-3-11(21)18-13-12(14(22)23-2)20(15(24)19-13)7-8-4-5-9(16)10(17)6-8/h4-6H,3,7H2,1-2H3,(H,18,21)(H,19,24). The van der Waals surface area contributed by atoms with Gasteiger partial charge in [0.1, 0.15) is 5.82 Å². The number of imidazole rings is 1. The van der Waals surface area contributed by atoms with Crippen molar-refractivity contribution in [3.63, 3.8) is 0 Å². The topological polar surface area (TPSA) is 76.1 Å². The average molecular weight is 388 g/mol. The highest BCUT2D eigenvalue weighted by Gasteiger charge is 2.22. The van der Waals surface area contributed by atoms with Crippen LogP contribution in [0.25, 0.3) is 0 Å². The van der Waals surface area contributed by atoms with Gasteiger partial charge in [0, 0.05) is 6.42 Å². The van der Waals surface area contributed by atoms with E-state index in [4.69, 9.17) is 40.2 Å². The van der Waals surface area contributed by atoms with Crippen LogP contribution in [0.2, 0.25) is 10.0 Å². The summed E-state index contributed by atoms with van der Waals surface area (Å²) in [6.45, 7) is 1.97. The van der Waals surface area contributed by atoms with Crippen LogP contribution >= 0.6 is 35.4 Å². The second kappa shape index (κ2) is 7.83. The molecular formula is C15H15Cl2N3O3S. The fraction of sp³-hybridized carbons (Fsp3) is 0.267. The summed E-state index contributed by atoms with van der Waals surface area (Å²) >= 11 is 17.2. The van der Waals surface area contributed by atoms with E-state index in [1.807, 2.05) is 0 Å². The van der Waals surface area contributed by atoms with Crippen LogP contribution < -0.4 is 5.32 Å². The third-order valence-corrected chi connectivity index (χ3v) is 4.33. The highest BCUT2D eigenvalue weighted by Crippen LogP contribution is 2.24. The van der Waals surface area contributed by atoms with Crippen LogP contribution in [0, 0.1) is 4.77 Å². The molecule has 1 aromatic heterocycles. The number of nitrogens with one attached hydrogen (secondary N) is 2. The maximum Gasteiger partial charge on any atom is 0.358 e. The molecule has 2 N–H and O–H groups in total. The molecule has 0 saturated carbocycles. The summed E-state index contributed by atoms with van der Waals surface area (Å²) in [6.07, 6.45) is 0.263. The second-order valence-corrected chi connectivity index (χ2v) is 6.08. The summed E-state index contributed by atoms with van der Waals surface area (Å²) in [6, 6.07) is 5.12. The molecule has 0 bridgehead atoms. The van der Waals surface area contributed by atoms with Crippen molar-refractivity contribution in [2.45, 2.75) is 19.9 Å². The summed E-state index contributed by atoms with van der Waals surface area (Å²) < 4.78 is 6.61. The number of anilines is 1. The zero-order valence-corrected chi connectivity index (χ0v) is 15.3. The van der Waals surface area contributed by atoms with Gasteiger partial charge < -0.3 is 19.6 Å². The van der Waals surface area contributed by atoms with E-state index in [-0.39, 0.29) is 35.2 Å². The molecule has 128 valence electrons. The van der Waals surface area contributed by atoms with Crippen LogP contribution in [0.3, 0.4) is 0 Å². The van der Waals surface area contributed by atoms with Gasteiger partial charge in [-0.2, -0.15) is 0 Å². The maximum atomic E-state index is 12.1. The predicted molar refractivity (Wildman–Crippen MR) is 95.4 cm³/mol. The molecule has 2 rings (SSSR count). The Labute approximate surface area is 153 Å². The summed E-state index contributed by atoms with van der Waals surface area (Å²) in [4.78, 5) is 26.6. The van der Waals surface area contributed by atoms with Gasteiger partial charge in [0.05, 0.1) is 23.7 Å². The number of nitrogens with zero attached hydrogens (tertiary/aromatic N) is 1. The lowest BCUT2D eigenvalue weighted by Gasteiger charge is -2.10. The van der Waals surface area contributed by atoms with Crippen molar-refractivity contribution in [2.75, 3.05) is 12.4 Å². The molecule has 0 aliphatic carbocycles. The first-order valence-corrected chi connectivity index (χ1v) is 8.18. The van der Waals surface area contributed by atoms with Gasteiger partial charge >= 0.3 is 5.97 Å². The molecule has 1 amide bonds. The first-order chi connectivity index (χ1) is 11.4. The van der Waals surface area contributed by atoms with Crippen LogP contribution in [-0.4, -0.2) is 28.5 Å². The monoisotopic (exact) mass is 387 g/mol.